The van der Waals surface area contributed by atoms with Gasteiger partial charge in [-0.05, 0) is 11.5 Å². The second kappa shape index (κ2) is 3.48. The molecule has 0 heterocycles. The molecule has 1 aromatic rings. The lowest BCUT2D eigenvalue weighted by atomic mass is 10.0. The largest absolute Gasteiger partial charge is 0.255 e. The molecule has 0 saturated carbocycles. The van der Waals surface area contributed by atoms with Crippen LogP contribution in [0.4, 0.5) is 5.69 Å². The third-order valence-corrected chi connectivity index (χ3v) is 1.92. The van der Waals surface area contributed by atoms with Crippen molar-refractivity contribution in [2.45, 2.75) is 19.8 Å². The summed E-state index contributed by atoms with van der Waals surface area (Å²) >= 11 is 0. The maximum absolute atomic E-state index is 10.8. The molecule has 0 amide bonds. The van der Waals surface area contributed by atoms with E-state index in [-0.39, 0.29) is 0 Å². The summed E-state index contributed by atoms with van der Waals surface area (Å²) in [6.45, 7) is 4.27. The van der Waals surface area contributed by atoms with Crippen molar-refractivity contribution in [3.8, 4) is 0 Å². The van der Waals surface area contributed by atoms with Crippen LogP contribution in [0.1, 0.15) is 25.3 Å². The minimum Gasteiger partial charge on any atom is -0.0587 e. The standard InChI is InChI=1S/C10H14NO/c1-8(2)9-4-6-10(7-5-9)11(3)12/h4-8H,1-3H3/q+1. The van der Waals surface area contributed by atoms with E-state index in [4.69, 9.17) is 0 Å². The summed E-state index contributed by atoms with van der Waals surface area (Å²) in [6, 6.07) is 7.69. The first-order valence-corrected chi connectivity index (χ1v) is 4.12. The molecule has 2 heteroatoms. The molecule has 0 fully saturated rings. The highest BCUT2D eigenvalue weighted by Crippen LogP contribution is 2.17. The fraction of sp³-hybridized carbons (Fsp3) is 0.400. The molecule has 0 spiro atoms. The first-order chi connectivity index (χ1) is 5.61. The highest BCUT2D eigenvalue weighted by molar-refractivity contribution is 5.33. The summed E-state index contributed by atoms with van der Waals surface area (Å²) < 4.78 is 0.865. The second-order valence-electron chi connectivity index (χ2n) is 3.24. The Balaban J connectivity index is 2.93. The third-order valence-electron chi connectivity index (χ3n) is 1.92. The summed E-state index contributed by atoms with van der Waals surface area (Å²) in [5.74, 6) is 0.524. The molecule has 12 heavy (non-hydrogen) atoms. The molecule has 2 nitrogen and oxygen atoms in total. The lowest BCUT2D eigenvalue weighted by Crippen LogP contribution is -1.91. The van der Waals surface area contributed by atoms with E-state index < -0.39 is 0 Å². The van der Waals surface area contributed by atoms with E-state index in [0.29, 0.717) is 11.6 Å². The van der Waals surface area contributed by atoms with Gasteiger partial charge < -0.3 is 0 Å². The molecule has 0 aliphatic heterocycles. The van der Waals surface area contributed by atoms with Crippen LogP contribution in [-0.2, 0) is 0 Å². The van der Waals surface area contributed by atoms with E-state index in [1.165, 1.54) is 12.6 Å². The second-order valence-corrected chi connectivity index (χ2v) is 3.24. The molecule has 1 aromatic carbocycles. The molecule has 0 saturated heterocycles. The number of benzene rings is 1. The van der Waals surface area contributed by atoms with Crippen LogP contribution < -0.4 is 0 Å². The number of hydrogen-bond acceptors (Lipinski definition) is 1. The van der Waals surface area contributed by atoms with Crippen molar-refractivity contribution in [3.63, 3.8) is 0 Å². The maximum Gasteiger partial charge on any atom is 0.255 e. The maximum atomic E-state index is 10.8. The van der Waals surface area contributed by atoms with Gasteiger partial charge in [-0.2, -0.15) is 0 Å². The van der Waals surface area contributed by atoms with E-state index in [1.54, 1.807) is 0 Å². The molecular formula is C10H14NO+. The molecule has 0 bridgehead atoms. The Hall–Kier alpha value is -1.18. The van der Waals surface area contributed by atoms with Gasteiger partial charge in [0, 0.05) is 21.8 Å². The van der Waals surface area contributed by atoms with Gasteiger partial charge in [0.1, 0.15) is 0 Å². The van der Waals surface area contributed by atoms with Gasteiger partial charge >= 0.3 is 0 Å². The van der Waals surface area contributed by atoms with E-state index in [9.17, 15) is 4.91 Å². The number of hydrogen-bond donors (Lipinski definition) is 0. The molecule has 0 N–H and O–H groups in total. The molecule has 1 rings (SSSR count). The fourth-order valence-corrected chi connectivity index (χ4v) is 1.07. The van der Waals surface area contributed by atoms with Gasteiger partial charge in [-0.25, -0.2) is 0 Å². The molecule has 0 aromatic heterocycles. The topological polar surface area (TPSA) is 20.1 Å². The highest BCUT2D eigenvalue weighted by atomic mass is 16.3. The SMILES string of the molecule is CC(C)c1ccc([N+](C)=O)cc1. The average Bonchev–Trinajstić information content (AvgIpc) is 2.04. The summed E-state index contributed by atoms with van der Waals surface area (Å²) in [5, 5.41) is 0. The fourth-order valence-electron chi connectivity index (χ4n) is 1.07. The van der Waals surface area contributed by atoms with Crippen molar-refractivity contribution >= 4 is 5.69 Å². The molecule has 0 unspecified atom stereocenters. The smallest absolute Gasteiger partial charge is 0.0587 e. The Kier molecular flexibility index (Phi) is 2.58. The minimum absolute atomic E-state index is 0.524. The van der Waals surface area contributed by atoms with Gasteiger partial charge in [-0.3, -0.25) is 0 Å². The molecule has 0 radical (unpaired) electrons. The van der Waals surface area contributed by atoms with Crippen molar-refractivity contribution in [3.05, 3.63) is 34.7 Å². The molecule has 0 atom stereocenters. The van der Waals surface area contributed by atoms with Gasteiger partial charge in [0.15, 0.2) is 7.05 Å². The Bertz CT molecular complexity index is 274. The monoisotopic (exact) mass is 164 g/mol. The lowest BCUT2D eigenvalue weighted by molar-refractivity contribution is -0.428. The van der Waals surface area contributed by atoms with Crippen LogP contribution >= 0.6 is 0 Å². The number of nitrogens with zero attached hydrogens (tertiary/aromatic N) is 1. The highest BCUT2D eigenvalue weighted by Gasteiger charge is 2.06. The quantitative estimate of drug-likeness (QED) is 0.615. The van der Waals surface area contributed by atoms with Gasteiger partial charge in [0.05, 0.1) is 0 Å². The van der Waals surface area contributed by atoms with Crippen LogP contribution in [0.2, 0.25) is 0 Å². The van der Waals surface area contributed by atoms with Crippen molar-refractivity contribution in [1.29, 1.82) is 0 Å². The van der Waals surface area contributed by atoms with E-state index in [2.05, 4.69) is 13.8 Å². The summed E-state index contributed by atoms with van der Waals surface area (Å²) in [5.41, 5.74) is 1.97. The van der Waals surface area contributed by atoms with Crippen LogP contribution in [-0.4, -0.2) is 11.8 Å². The van der Waals surface area contributed by atoms with Gasteiger partial charge in [0.2, 0.25) is 0 Å². The van der Waals surface area contributed by atoms with Crippen molar-refractivity contribution < 1.29 is 4.76 Å². The predicted molar refractivity (Wildman–Crippen MR) is 49.7 cm³/mol. The Labute approximate surface area is 72.8 Å². The molecule has 64 valence electrons. The summed E-state index contributed by atoms with van der Waals surface area (Å²) in [7, 11) is 1.50. The zero-order valence-corrected chi connectivity index (χ0v) is 7.74. The first kappa shape index (κ1) is 8.91. The average molecular weight is 164 g/mol. The van der Waals surface area contributed by atoms with Crippen LogP contribution in [0, 0.1) is 4.91 Å². The van der Waals surface area contributed by atoms with Crippen LogP contribution in [0.3, 0.4) is 0 Å². The summed E-state index contributed by atoms with van der Waals surface area (Å²) in [4.78, 5) is 10.8. The molecule has 0 aliphatic carbocycles. The van der Waals surface area contributed by atoms with Gasteiger partial charge in [-0.1, -0.05) is 26.0 Å². The first-order valence-electron chi connectivity index (χ1n) is 4.12. The Morgan fingerprint density at radius 1 is 1.17 bits per heavy atom. The van der Waals surface area contributed by atoms with Crippen molar-refractivity contribution in [2.24, 2.45) is 0 Å². The normalized spacial score (nSPS) is 10.3. The van der Waals surface area contributed by atoms with Crippen LogP contribution in [0.25, 0.3) is 0 Å². The van der Waals surface area contributed by atoms with E-state index >= 15 is 0 Å². The predicted octanol–water partition coefficient (Wildman–Crippen LogP) is 2.85. The lowest BCUT2D eigenvalue weighted by Gasteiger charge is -2.02. The zero-order chi connectivity index (χ0) is 9.14. The number of rotatable bonds is 2. The Morgan fingerprint density at radius 2 is 1.67 bits per heavy atom. The minimum atomic E-state index is 0.524. The molecule has 0 aliphatic rings. The number of nitroso groups, excluding NO2 is 1. The van der Waals surface area contributed by atoms with E-state index in [0.717, 1.165) is 4.76 Å². The van der Waals surface area contributed by atoms with Crippen molar-refractivity contribution in [2.75, 3.05) is 7.05 Å². The van der Waals surface area contributed by atoms with Gasteiger partial charge in [-0.15, -0.1) is 0 Å². The van der Waals surface area contributed by atoms with Crippen LogP contribution in [0.5, 0.6) is 0 Å². The van der Waals surface area contributed by atoms with Crippen LogP contribution in [0.15, 0.2) is 24.3 Å². The summed E-state index contributed by atoms with van der Waals surface area (Å²) in [6.07, 6.45) is 0. The third kappa shape index (κ3) is 1.91. The van der Waals surface area contributed by atoms with E-state index in [1.807, 2.05) is 24.3 Å². The Morgan fingerprint density at radius 3 is 2.00 bits per heavy atom. The van der Waals surface area contributed by atoms with Crippen molar-refractivity contribution in [1.82, 2.24) is 0 Å². The molecular weight excluding hydrogens is 150 g/mol. The zero-order valence-electron chi connectivity index (χ0n) is 7.74. The van der Waals surface area contributed by atoms with Gasteiger partial charge in [0.25, 0.3) is 5.69 Å².